The van der Waals surface area contributed by atoms with Crippen LogP contribution in [0.5, 0.6) is 0 Å². The van der Waals surface area contributed by atoms with E-state index < -0.39 is 0 Å². The largest absolute Gasteiger partial charge is 0.356 e. The SMILES string of the molecule is NCCCCCCNC(=O)CCN1C(=O)C=CC1=O. The van der Waals surface area contributed by atoms with Crippen molar-refractivity contribution >= 4 is 17.7 Å². The first-order chi connectivity index (χ1) is 9.15. The van der Waals surface area contributed by atoms with Gasteiger partial charge in [-0.05, 0) is 19.4 Å². The number of nitrogens with one attached hydrogen (secondary N) is 1. The van der Waals surface area contributed by atoms with Crippen LogP contribution in [0.3, 0.4) is 0 Å². The Hall–Kier alpha value is -1.69. The Morgan fingerprint density at radius 3 is 2.37 bits per heavy atom. The molecule has 0 saturated carbocycles. The van der Waals surface area contributed by atoms with E-state index in [2.05, 4.69) is 5.32 Å². The molecule has 0 bridgehead atoms. The van der Waals surface area contributed by atoms with Crippen LogP contribution in [0, 0.1) is 0 Å². The molecular weight excluding hydrogens is 246 g/mol. The van der Waals surface area contributed by atoms with E-state index in [1.165, 1.54) is 12.2 Å². The highest BCUT2D eigenvalue weighted by Gasteiger charge is 2.23. The Bertz CT molecular complexity index is 348. The molecule has 0 spiro atoms. The fourth-order valence-corrected chi connectivity index (χ4v) is 1.80. The fraction of sp³-hybridized carbons (Fsp3) is 0.615. The fourth-order valence-electron chi connectivity index (χ4n) is 1.80. The van der Waals surface area contributed by atoms with Gasteiger partial charge in [-0.25, -0.2) is 0 Å². The van der Waals surface area contributed by atoms with E-state index in [1.807, 2.05) is 0 Å². The van der Waals surface area contributed by atoms with Crippen molar-refractivity contribution in [3.8, 4) is 0 Å². The molecule has 0 fully saturated rings. The van der Waals surface area contributed by atoms with Crippen molar-refractivity contribution < 1.29 is 14.4 Å². The van der Waals surface area contributed by atoms with Crippen LogP contribution >= 0.6 is 0 Å². The molecule has 1 heterocycles. The summed E-state index contributed by atoms with van der Waals surface area (Å²) in [6.07, 6.45) is 6.66. The van der Waals surface area contributed by atoms with Gasteiger partial charge in [-0.1, -0.05) is 12.8 Å². The Balaban J connectivity index is 2.05. The monoisotopic (exact) mass is 267 g/mol. The quantitative estimate of drug-likeness (QED) is 0.452. The third-order valence-corrected chi connectivity index (χ3v) is 2.92. The molecule has 6 nitrogen and oxygen atoms in total. The van der Waals surface area contributed by atoms with Gasteiger partial charge in [0.15, 0.2) is 0 Å². The molecule has 1 rings (SSSR count). The number of nitrogens with two attached hydrogens (primary N) is 1. The minimum absolute atomic E-state index is 0.133. The second-order valence-corrected chi connectivity index (χ2v) is 4.46. The zero-order valence-corrected chi connectivity index (χ0v) is 11.1. The van der Waals surface area contributed by atoms with Crippen molar-refractivity contribution in [1.29, 1.82) is 0 Å². The van der Waals surface area contributed by atoms with Gasteiger partial charge in [-0.3, -0.25) is 19.3 Å². The highest BCUT2D eigenvalue weighted by molar-refractivity contribution is 6.13. The first kappa shape index (κ1) is 15.4. The summed E-state index contributed by atoms with van der Waals surface area (Å²) in [6.45, 7) is 1.48. The zero-order chi connectivity index (χ0) is 14.1. The van der Waals surface area contributed by atoms with Gasteiger partial charge in [0.25, 0.3) is 11.8 Å². The van der Waals surface area contributed by atoms with Crippen LogP contribution in [0.15, 0.2) is 12.2 Å². The Kier molecular flexibility index (Phi) is 6.81. The highest BCUT2D eigenvalue weighted by atomic mass is 16.2. The second-order valence-electron chi connectivity index (χ2n) is 4.46. The van der Waals surface area contributed by atoms with E-state index in [9.17, 15) is 14.4 Å². The molecule has 0 unspecified atom stereocenters. The lowest BCUT2D eigenvalue weighted by Gasteiger charge is -2.13. The smallest absolute Gasteiger partial charge is 0.253 e. The number of nitrogens with zero attached hydrogens (tertiary/aromatic N) is 1. The molecule has 106 valence electrons. The van der Waals surface area contributed by atoms with E-state index in [0.29, 0.717) is 13.1 Å². The summed E-state index contributed by atoms with van der Waals surface area (Å²) in [4.78, 5) is 35.0. The lowest BCUT2D eigenvalue weighted by molar-refractivity contribution is -0.137. The summed E-state index contributed by atoms with van der Waals surface area (Å²) in [5.74, 6) is -0.828. The number of hydrogen-bond acceptors (Lipinski definition) is 4. The molecule has 1 aliphatic heterocycles. The van der Waals surface area contributed by atoms with Crippen molar-refractivity contribution in [2.75, 3.05) is 19.6 Å². The summed E-state index contributed by atoms with van der Waals surface area (Å²) >= 11 is 0. The van der Waals surface area contributed by atoms with Crippen LogP contribution in [0.2, 0.25) is 0 Å². The molecule has 6 heteroatoms. The number of unbranched alkanes of at least 4 members (excludes halogenated alkanes) is 3. The molecule has 0 saturated heterocycles. The number of imide groups is 1. The topological polar surface area (TPSA) is 92.5 Å². The van der Waals surface area contributed by atoms with E-state index in [1.54, 1.807) is 0 Å². The van der Waals surface area contributed by atoms with Crippen molar-refractivity contribution in [3.63, 3.8) is 0 Å². The van der Waals surface area contributed by atoms with E-state index in [-0.39, 0.29) is 30.7 Å². The molecule has 0 aromatic carbocycles. The van der Waals surface area contributed by atoms with Crippen LogP contribution in [0.4, 0.5) is 0 Å². The third-order valence-electron chi connectivity index (χ3n) is 2.92. The molecule has 0 aromatic rings. The maximum Gasteiger partial charge on any atom is 0.253 e. The first-order valence-electron chi connectivity index (χ1n) is 6.65. The molecule has 3 N–H and O–H groups in total. The summed E-state index contributed by atoms with van der Waals surface area (Å²) in [7, 11) is 0. The Morgan fingerprint density at radius 2 is 1.74 bits per heavy atom. The molecule has 19 heavy (non-hydrogen) atoms. The molecule has 0 aromatic heterocycles. The van der Waals surface area contributed by atoms with Gasteiger partial charge in [0.2, 0.25) is 5.91 Å². The summed E-state index contributed by atoms with van der Waals surface area (Å²) in [5.41, 5.74) is 5.38. The Labute approximate surface area is 113 Å². The van der Waals surface area contributed by atoms with Crippen molar-refractivity contribution in [1.82, 2.24) is 10.2 Å². The molecule has 0 aliphatic carbocycles. The van der Waals surface area contributed by atoms with Gasteiger partial charge in [0.1, 0.15) is 0 Å². The van der Waals surface area contributed by atoms with Crippen molar-refractivity contribution in [3.05, 3.63) is 12.2 Å². The van der Waals surface area contributed by atoms with Crippen LogP contribution in [-0.2, 0) is 14.4 Å². The molecule has 1 aliphatic rings. The predicted molar refractivity (Wildman–Crippen MR) is 71.0 cm³/mol. The van der Waals surface area contributed by atoms with Crippen molar-refractivity contribution in [2.24, 2.45) is 5.73 Å². The standard InChI is InChI=1S/C13H21N3O3/c14-8-3-1-2-4-9-15-11(17)7-10-16-12(18)5-6-13(16)19/h5-6H,1-4,7-10,14H2,(H,15,17). The van der Waals surface area contributed by atoms with Gasteiger partial charge in [0.05, 0.1) is 0 Å². The van der Waals surface area contributed by atoms with E-state index in [0.717, 1.165) is 30.6 Å². The maximum absolute atomic E-state index is 11.5. The van der Waals surface area contributed by atoms with Gasteiger partial charge in [-0.15, -0.1) is 0 Å². The predicted octanol–water partition coefficient (Wildman–Crippen LogP) is -0.0632. The van der Waals surface area contributed by atoms with Gasteiger partial charge < -0.3 is 11.1 Å². The van der Waals surface area contributed by atoms with Crippen LogP contribution in [-0.4, -0.2) is 42.3 Å². The minimum Gasteiger partial charge on any atom is -0.356 e. The van der Waals surface area contributed by atoms with Gasteiger partial charge in [0, 0.05) is 31.7 Å². The number of hydrogen-bond donors (Lipinski definition) is 2. The van der Waals surface area contributed by atoms with Crippen molar-refractivity contribution in [2.45, 2.75) is 32.1 Å². The third kappa shape index (κ3) is 5.65. The zero-order valence-electron chi connectivity index (χ0n) is 11.1. The molecular formula is C13H21N3O3. The minimum atomic E-state index is -0.348. The normalized spacial score (nSPS) is 14.3. The van der Waals surface area contributed by atoms with Crippen LogP contribution in [0.1, 0.15) is 32.1 Å². The summed E-state index contributed by atoms with van der Waals surface area (Å²) in [6, 6.07) is 0. The summed E-state index contributed by atoms with van der Waals surface area (Å²) < 4.78 is 0. The number of carbonyl (C=O) groups is 3. The number of carbonyl (C=O) groups excluding carboxylic acids is 3. The van der Waals surface area contributed by atoms with Crippen LogP contribution < -0.4 is 11.1 Å². The molecule has 3 amide bonds. The van der Waals surface area contributed by atoms with Gasteiger partial charge in [-0.2, -0.15) is 0 Å². The van der Waals surface area contributed by atoms with E-state index in [4.69, 9.17) is 5.73 Å². The van der Waals surface area contributed by atoms with Crippen LogP contribution in [0.25, 0.3) is 0 Å². The van der Waals surface area contributed by atoms with Gasteiger partial charge >= 0.3 is 0 Å². The number of amides is 3. The second kappa shape index (κ2) is 8.42. The first-order valence-corrected chi connectivity index (χ1v) is 6.65. The average Bonchev–Trinajstić information content (AvgIpc) is 2.71. The lowest BCUT2D eigenvalue weighted by Crippen LogP contribution is -2.34. The Morgan fingerprint density at radius 1 is 1.11 bits per heavy atom. The summed E-state index contributed by atoms with van der Waals surface area (Å²) in [5, 5.41) is 2.77. The van der Waals surface area contributed by atoms with E-state index >= 15 is 0 Å². The lowest BCUT2D eigenvalue weighted by atomic mass is 10.2. The molecule has 0 radical (unpaired) electrons. The highest BCUT2D eigenvalue weighted by Crippen LogP contribution is 2.04. The maximum atomic E-state index is 11.5. The number of rotatable bonds is 9. The average molecular weight is 267 g/mol. The molecule has 0 atom stereocenters.